The van der Waals surface area contributed by atoms with E-state index in [9.17, 15) is 18.6 Å². The predicted molar refractivity (Wildman–Crippen MR) is 177 cm³/mol. The number of H-pyrrole nitrogens is 1. The van der Waals surface area contributed by atoms with Crippen molar-refractivity contribution < 1.29 is 28.1 Å². The minimum atomic E-state index is -1.57. The molecule has 3 atom stereocenters. The number of carbonyl (C=O) groups is 3. The SMILES string of the molecule is CCOC(=O)C[S@](=O)CC(Cc1ccccc1)NC(=O)[C@](C)(Cc1c[nH]c2ccccc12)NC(=O)OC1C2CC3CC(C2)CC1C3. The van der Waals surface area contributed by atoms with Crippen LogP contribution >= 0.6 is 0 Å². The second kappa shape index (κ2) is 14.0. The number of fused-ring (bicyclic) bond motifs is 1. The minimum Gasteiger partial charge on any atom is -0.465 e. The smallest absolute Gasteiger partial charge is 0.408 e. The number of para-hydroxylation sites is 1. The van der Waals surface area contributed by atoms with Crippen molar-refractivity contribution in [2.75, 3.05) is 18.1 Å². The van der Waals surface area contributed by atoms with Gasteiger partial charge < -0.3 is 25.1 Å². The van der Waals surface area contributed by atoms with Gasteiger partial charge in [-0.25, -0.2) is 4.79 Å². The fraction of sp³-hybridized carbons (Fsp3) is 0.528. The van der Waals surface area contributed by atoms with E-state index in [-0.39, 0.29) is 30.6 Å². The fourth-order valence-electron chi connectivity index (χ4n) is 8.30. The summed E-state index contributed by atoms with van der Waals surface area (Å²) in [4.78, 5) is 43.3. The van der Waals surface area contributed by atoms with Crippen molar-refractivity contribution in [3.8, 4) is 0 Å². The minimum absolute atomic E-state index is 0.0564. The van der Waals surface area contributed by atoms with Gasteiger partial charge in [-0.05, 0) is 93.2 Å². The van der Waals surface area contributed by atoms with Crippen LogP contribution in [0.3, 0.4) is 0 Å². The summed E-state index contributed by atoms with van der Waals surface area (Å²) < 4.78 is 24.2. The third kappa shape index (κ3) is 7.48. The van der Waals surface area contributed by atoms with Crippen LogP contribution in [0.2, 0.25) is 0 Å². The van der Waals surface area contributed by atoms with E-state index in [1.807, 2.05) is 60.8 Å². The highest BCUT2D eigenvalue weighted by atomic mass is 32.2. The molecule has 7 rings (SSSR count). The summed E-state index contributed by atoms with van der Waals surface area (Å²) in [6, 6.07) is 16.9. The first kappa shape index (κ1) is 32.3. The maximum absolute atomic E-state index is 14.3. The second-order valence-corrected chi connectivity index (χ2v) is 15.2. The summed E-state index contributed by atoms with van der Waals surface area (Å²) in [6.07, 6.45) is 7.55. The first-order valence-electron chi connectivity index (χ1n) is 16.6. The Morgan fingerprint density at radius 1 is 0.978 bits per heavy atom. The summed E-state index contributed by atoms with van der Waals surface area (Å²) in [6.45, 7) is 3.63. The van der Waals surface area contributed by atoms with Gasteiger partial charge in [0.25, 0.3) is 0 Å². The summed E-state index contributed by atoms with van der Waals surface area (Å²) in [5, 5.41) is 7.06. The number of alkyl carbamates (subject to hydrolysis) is 1. The van der Waals surface area contributed by atoms with Gasteiger partial charge in [-0.2, -0.15) is 0 Å². The Labute approximate surface area is 273 Å². The Morgan fingerprint density at radius 2 is 1.65 bits per heavy atom. The monoisotopic (exact) mass is 647 g/mol. The van der Waals surface area contributed by atoms with E-state index in [2.05, 4.69) is 15.6 Å². The molecule has 1 heterocycles. The molecule has 3 N–H and O–H groups in total. The zero-order valence-corrected chi connectivity index (χ0v) is 27.5. The van der Waals surface area contributed by atoms with Crippen molar-refractivity contribution in [1.29, 1.82) is 0 Å². The van der Waals surface area contributed by atoms with Gasteiger partial charge in [-0.15, -0.1) is 0 Å². The summed E-state index contributed by atoms with van der Waals surface area (Å²) in [5.74, 6) is 1.13. The number of hydrogen-bond donors (Lipinski definition) is 3. The van der Waals surface area contributed by atoms with E-state index < -0.39 is 40.4 Å². The second-order valence-electron chi connectivity index (χ2n) is 13.7. The van der Waals surface area contributed by atoms with Gasteiger partial charge in [0.05, 0.1) is 6.61 Å². The Hall–Kier alpha value is -3.66. The lowest BCUT2D eigenvalue weighted by atomic mass is 9.55. The van der Waals surface area contributed by atoms with E-state index in [1.54, 1.807) is 13.8 Å². The van der Waals surface area contributed by atoms with Crippen molar-refractivity contribution in [2.45, 2.75) is 76.5 Å². The third-order valence-electron chi connectivity index (χ3n) is 10.1. The quantitative estimate of drug-likeness (QED) is 0.223. The molecule has 4 saturated carbocycles. The number of rotatable bonds is 13. The van der Waals surface area contributed by atoms with Crippen LogP contribution in [0.1, 0.15) is 57.1 Å². The molecule has 1 aromatic heterocycles. The van der Waals surface area contributed by atoms with Gasteiger partial charge >= 0.3 is 12.1 Å². The number of benzene rings is 2. The van der Waals surface area contributed by atoms with Crippen molar-refractivity contribution in [3.05, 3.63) is 71.9 Å². The number of aromatic amines is 1. The Kier molecular flexibility index (Phi) is 9.82. The van der Waals surface area contributed by atoms with Crippen molar-refractivity contribution >= 4 is 39.7 Å². The van der Waals surface area contributed by atoms with Gasteiger partial charge in [0, 0.05) is 46.1 Å². The maximum atomic E-state index is 14.3. The number of carbonyl (C=O) groups excluding carboxylic acids is 3. The summed E-state index contributed by atoms with van der Waals surface area (Å²) >= 11 is 0. The lowest BCUT2D eigenvalue weighted by Crippen LogP contribution is -2.61. The number of esters is 1. The first-order valence-corrected chi connectivity index (χ1v) is 18.1. The van der Waals surface area contributed by atoms with Crippen molar-refractivity contribution in [3.63, 3.8) is 0 Å². The Morgan fingerprint density at radius 3 is 2.35 bits per heavy atom. The lowest BCUT2D eigenvalue weighted by Gasteiger charge is -2.53. The van der Waals surface area contributed by atoms with Crippen molar-refractivity contribution in [2.24, 2.45) is 23.7 Å². The zero-order chi connectivity index (χ0) is 32.3. The van der Waals surface area contributed by atoms with Crippen LogP contribution in [0.4, 0.5) is 4.79 Å². The Bertz CT molecular complexity index is 1550. The predicted octanol–water partition coefficient (Wildman–Crippen LogP) is 5.06. The first-order chi connectivity index (χ1) is 22.2. The van der Waals surface area contributed by atoms with Crippen LogP contribution in [-0.2, 0) is 42.7 Å². The summed E-state index contributed by atoms with van der Waals surface area (Å²) in [5.41, 5.74) is 1.39. The molecule has 0 radical (unpaired) electrons. The van der Waals surface area contributed by atoms with E-state index in [4.69, 9.17) is 9.47 Å². The molecule has 4 bridgehead atoms. The molecule has 46 heavy (non-hydrogen) atoms. The maximum Gasteiger partial charge on any atom is 0.408 e. The highest BCUT2D eigenvalue weighted by Gasteiger charge is 2.50. The topological polar surface area (TPSA) is 127 Å². The number of amides is 2. The van der Waals surface area contributed by atoms with Gasteiger partial charge in [0.1, 0.15) is 17.4 Å². The van der Waals surface area contributed by atoms with E-state index in [1.165, 1.54) is 6.42 Å². The molecule has 1 unspecified atom stereocenters. The highest BCUT2D eigenvalue weighted by Crippen LogP contribution is 2.54. The van der Waals surface area contributed by atoms with Gasteiger partial charge in [-0.1, -0.05) is 48.5 Å². The normalized spacial score (nSPS) is 25.7. The average Bonchev–Trinajstić information content (AvgIpc) is 3.41. The molecular weight excluding hydrogens is 602 g/mol. The van der Waals surface area contributed by atoms with Crippen LogP contribution in [-0.4, -0.2) is 63.0 Å². The van der Waals surface area contributed by atoms with Crippen LogP contribution in [0.5, 0.6) is 0 Å². The number of nitrogens with one attached hydrogen (secondary N) is 3. The molecule has 4 aliphatic carbocycles. The van der Waals surface area contributed by atoms with Crippen LogP contribution in [0.15, 0.2) is 60.8 Å². The molecule has 4 fully saturated rings. The molecule has 4 aliphatic rings. The van der Waals surface area contributed by atoms with Gasteiger partial charge in [0.15, 0.2) is 0 Å². The van der Waals surface area contributed by atoms with Crippen molar-refractivity contribution in [1.82, 2.24) is 15.6 Å². The lowest BCUT2D eigenvalue weighted by molar-refractivity contribution is -0.139. The van der Waals surface area contributed by atoms with Crippen LogP contribution in [0.25, 0.3) is 10.9 Å². The molecular formula is C36H45N3O6S. The van der Waals surface area contributed by atoms with Crippen LogP contribution in [0, 0.1) is 23.7 Å². The molecule has 246 valence electrons. The van der Waals surface area contributed by atoms with E-state index >= 15 is 0 Å². The van der Waals surface area contributed by atoms with Gasteiger partial charge in [0.2, 0.25) is 5.91 Å². The fourth-order valence-corrected chi connectivity index (χ4v) is 9.41. The van der Waals surface area contributed by atoms with Crippen LogP contribution < -0.4 is 10.6 Å². The molecule has 9 nitrogen and oxygen atoms in total. The molecule has 0 spiro atoms. The number of aromatic nitrogens is 1. The standard InChI is InChI=1S/C36H45N3O6S/c1-3-44-32(40)22-46(43)21-29(18-23-9-5-4-6-10-23)38-34(41)36(2,19-28-20-37-31-12-8-7-11-30(28)31)39-35(42)45-33-26-14-24-13-25(16-26)17-27(33)15-24/h4-12,20,24-27,29,33,37H,3,13-19,21-22H2,1-2H3,(H,38,41)(H,39,42)/t24?,25?,26?,27?,29?,33?,36-,46+/m0/s1. The molecule has 0 saturated heterocycles. The highest BCUT2D eigenvalue weighted by molar-refractivity contribution is 7.85. The van der Waals surface area contributed by atoms with E-state index in [0.717, 1.165) is 59.5 Å². The largest absolute Gasteiger partial charge is 0.465 e. The molecule has 0 aliphatic heterocycles. The summed E-state index contributed by atoms with van der Waals surface area (Å²) in [7, 11) is -1.57. The Balaban J connectivity index is 1.22. The zero-order valence-electron chi connectivity index (χ0n) is 26.7. The molecule has 2 amide bonds. The number of ether oxygens (including phenoxy) is 2. The number of hydrogen-bond acceptors (Lipinski definition) is 6. The van der Waals surface area contributed by atoms with E-state index in [0.29, 0.717) is 18.3 Å². The molecule has 2 aromatic carbocycles. The molecule has 3 aromatic rings. The average molecular weight is 648 g/mol. The van der Waals surface area contributed by atoms with Gasteiger partial charge in [-0.3, -0.25) is 13.8 Å². The molecule has 10 heteroatoms. The third-order valence-corrected chi connectivity index (χ3v) is 11.4.